The molecule has 0 radical (unpaired) electrons. The number of hydrogen-bond acceptors (Lipinski definition) is 6. The first-order valence-electron chi connectivity index (χ1n) is 7.18. The summed E-state index contributed by atoms with van der Waals surface area (Å²) >= 11 is 0. The number of nitrogens with one attached hydrogen (secondary N) is 1. The van der Waals surface area contributed by atoms with E-state index in [9.17, 15) is 0 Å². The van der Waals surface area contributed by atoms with Crippen LogP contribution in [0.1, 0.15) is 5.56 Å². The monoisotopic (exact) mass is 306 g/mol. The first-order chi connectivity index (χ1) is 11.1. The fourth-order valence-electron chi connectivity index (χ4n) is 2.25. The number of nitrogen functional groups attached to an aromatic ring is 2. The summed E-state index contributed by atoms with van der Waals surface area (Å²) < 4.78 is 0. The highest BCUT2D eigenvalue weighted by molar-refractivity contribution is 5.69. The van der Waals surface area contributed by atoms with Crippen LogP contribution < -0.4 is 21.9 Å². The standard InChI is InChI=1S/C17H18N6/c1-12-4-2-6-14(8-12)22-23(15-7-3-5-13(18)9-15)17-10-16(19)20-11-21-17/h2-11,22H,18H2,1H3,(H2,19,20,21). The van der Waals surface area contributed by atoms with Crippen LogP contribution >= 0.6 is 0 Å². The number of benzene rings is 2. The van der Waals surface area contributed by atoms with Gasteiger partial charge in [0.1, 0.15) is 12.1 Å². The van der Waals surface area contributed by atoms with E-state index in [-0.39, 0.29) is 0 Å². The second kappa shape index (κ2) is 6.23. The van der Waals surface area contributed by atoms with Gasteiger partial charge >= 0.3 is 0 Å². The second-order valence-electron chi connectivity index (χ2n) is 5.21. The molecule has 0 spiro atoms. The van der Waals surface area contributed by atoms with Gasteiger partial charge in [-0.15, -0.1) is 0 Å². The average molecular weight is 306 g/mol. The largest absolute Gasteiger partial charge is 0.399 e. The number of aromatic nitrogens is 2. The summed E-state index contributed by atoms with van der Waals surface area (Å²) in [5, 5.41) is 1.82. The second-order valence-corrected chi connectivity index (χ2v) is 5.21. The zero-order chi connectivity index (χ0) is 16.2. The minimum absolute atomic E-state index is 0.398. The molecule has 5 N–H and O–H groups in total. The van der Waals surface area contributed by atoms with Crippen LogP contribution in [0, 0.1) is 6.92 Å². The lowest BCUT2D eigenvalue weighted by molar-refractivity contribution is 1.06. The van der Waals surface area contributed by atoms with Crippen molar-refractivity contribution in [1.29, 1.82) is 0 Å². The van der Waals surface area contributed by atoms with Crippen molar-refractivity contribution in [3.05, 3.63) is 66.5 Å². The fraction of sp³-hybridized carbons (Fsp3) is 0.0588. The van der Waals surface area contributed by atoms with E-state index < -0.39 is 0 Å². The van der Waals surface area contributed by atoms with Gasteiger partial charge in [0.05, 0.1) is 11.4 Å². The summed E-state index contributed by atoms with van der Waals surface area (Å²) in [6.07, 6.45) is 1.43. The summed E-state index contributed by atoms with van der Waals surface area (Å²) in [5.74, 6) is 1.03. The molecule has 0 aliphatic carbocycles. The van der Waals surface area contributed by atoms with Crippen LogP contribution in [0.3, 0.4) is 0 Å². The minimum Gasteiger partial charge on any atom is -0.399 e. The van der Waals surface area contributed by atoms with E-state index in [1.165, 1.54) is 6.33 Å². The molecule has 6 nitrogen and oxygen atoms in total. The van der Waals surface area contributed by atoms with Gasteiger partial charge in [0.25, 0.3) is 0 Å². The zero-order valence-corrected chi connectivity index (χ0v) is 12.8. The number of nitrogens with zero attached hydrogens (tertiary/aromatic N) is 3. The molecule has 0 saturated heterocycles. The number of aryl methyl sites for hydroxylation is 1. The van der Waals surface area contributed by atoms with Crippen LogP contribution in [-0.2, 0) is 0 Å². The van der Waals surface area contributed by atoms with Gasteiger partial charge in [-0.25, -0.2) is 15.0 Å². The fourth-order valence-corrected chi connectivity index (χ4v) is 2.25. The van der Waals surface area contributed by atoms with Crippen molar-refractivity contribution >= 4 is 28.7 Å². The van der Waals surface area contributed by atoms with Crippen molar-refractivity contribution in [2.45, 2.75) is 6.92 Å². The van der Waals surface area contributed by atoms with Crippen molar-refractivity contribution in [3.63, 3.8) is 0 Å². The summed E-state index contributed by atoms with van der Waals surface area (Å²) in [4.78, 5) is 8.24. The number of anilines is 5. The third-order valence-electron chi connectivity index (χ3n) is 3.29. The lowest BCUT2D eigenvalue weighted by atomic mass is 10.2. The van der Waals surface area contributed by atoms with E-state index in [1.807, 2.05) is 60.5 Å². The first-order valence-corrected chi connectivity index (χ1v) is 7.18. The predicted octanol–water partition coefficient (Wildman–Crippen LogP) is 3.11. The van der Waals surface area contributed by atoms with Gasteiger partial charge in [-0.2, -0.15) is 0 Å². The van der Waals surface area contributed by atoms with Gasteiger partial charge in [0.15, 0.2) is 5.82 Å². The summed E-state index contributed by atoms with van der Waals surface area (Å²) in [6, 6.07) is 17.3. The molecule has 0 amide bonds. The van der Waals surface area contributed by atoms with Gasteiger partial charge in [0.2, 0.25) is 0 Å². The third kappa shape index (κ3) is 3.49. The Balaban J connectivity index is 2.03. The van der Waals surface area contributed by atoms with E-state index in [4.69, 9.17) is 11.5 Å². The van der Waals surface area contributed by atoms with E-state index in [2.05, 4.69) is 15.4 Å². The van der Waals surface area contributed by atoms with Gasteiger partial charge < -0.3 is 11.5 Å². The van der Waals surface area contributed by atoms with Crippen LogP contribution in [0.25, 0.3) is 0 Å². The molecule has 2 aromatic carbocycles. The molecule has 1 aromatic heterocycles. The number of hydrazine groups is 1. The molecular weight excluding hydrogens is 288 g/mol. The maximum atomic E-state index is 5.91. The Morgan fingerprint density at radius 3 is 2.52 bits per heavy atom. The van der Waals surface area contributed by atoms with Crippen molar-refractivity contribution in [3.8, 4) is 0 Å². The molecule has 0 fully saturated rings. The van der Waals surface area contributed by atoms with Crippen molar-refractivity contribution < 1.29 is 0 Å². The maximum Gasteiger partial charge on any atom is 0.157 e. The molecule has 116 valence electrons. The summed E-state index contributed by atoms with van der Waals surface area (Å²) in [7, 11) is 0. The third-order valence-corrected chi connectivity index (χ3v) is 3.29. The normalized spacial score (nSPS) is 10.3. The molecule has 0 bridgehead atoms. The molecule has 0 unspecified atom stereocenters. The molecule has 6 heteroatoms. The predicted molar refractivity (Wildman–Crippen MR) is 94.2 cm³/mol. The SMILES string of the molecule is Cc1cccc(NN(c2cccc(N)c2)c2cc(N)ncn2)c1. The Bertz CT molecular complexity index is 772. The van der Waals surface area contributed by atoms with Gasteiger partial charge in [-0.1, -0.05) is 18.2 Å². The topological polar surface area (TPSA) is 93.1 Å². The quantitative estimate of drug-likeness (QED) is 0.506. The molecule has 3 rings (SSSR count). The average Bonchev–Trinajstić information content (AvgIpc) is 2.53. The highest BCUT2D eigenvalue weighted by Crippen LogP contribution is 2.27. The van der Waals surface area contributed by atoms with Crippen LogP contribution in [-0.4, -0.2) is 9.97 Å². The smallest absolute Gasteiger partial charge is 0.157 e. The molecular formula is C17H18N6. The molecule has 0 saturated carbocycles. The Kier molecular flexibility index (Phi) is 3.97. The number of nitrogens with two attached hydrogens (primary N) is 2. The van der Waals surface area contributed by atoms with Crippen LogP contribution in [0.4, 0.5) is 28.7 Å². The summed E-state index contributed by atoms with van der Waals surface area (Å²) in [5.41, 5.74) is 18.7. The molecule has 1 heterocycles. The lowest BCUT2D eigenvalue weighted by Gasteiger charge is -2.26. The van der Waals surface area contributed by atoms with Crippen molar-refractivity contribution in [1.82, 2.24) is 9.97 Å². The molecule has 3 aromatic rings. The summed E-state index contributed by atoms with van der Waals surface area (Å²) in [6.45, 7) is 2.04. The minimum atomic E-state index is 0.398. The Morgan fingerprint density at radius 1 is 0.957 bits per heavy atom. The Labute approximate surface area is 134 Å². The van der Waals surface area contributed by atoms with Crippen LogP contribution in [0.2, 0.25) is 0 Å². The number of rotatable bonds is 4. The highest BCUT2D eigenvalue weighted by Gasteiger charge is 2.12. The maximum absolute atomic E-state index is 5.91. The number of hydrogen-bond donors (Lipinski definition) is 3. The van der Waals surface area contributed by atoms with Gasteiger partial charge in [0, 0.05) is 11.8 Å². The Morgan fingerprint density at radius 2 is 1.78 bits per heavy atom. The van der Waals surface area contributed by atoms with Crippen LogP contribution in [0.15, 0.2) is 60.9 Å². The van der Waals surface area contributed by atoms with Crippen LogP contribution in [0.5, 0.6) is 0 Å². The van der Waals surface area contributed by atoms with Crippen molar-refractivity contribution in [2.75, 3.05) is 21.9 Å². The zero-order valence-electron chi connectivity index (χ0n) is 12.8. The highest BCUT2D eigenvalue weighted by atomic mass is 15.5. The lowest BCUT2D eigenvalue weighted by Crippen LogP contribution is -2.25. The van der Waals surface area contributed by atoms with E-state index >= 15 is 0 Å². The van der Waals surface area contributed by atoms with E-state index in [1.54, 1.807) is 6.07 Å². The van der Waals surface area contributed by atoms with Crippen molar-refractivity contribution in [2.24, 2.45) is 0 Å². The Hall–Kier alpha value is -3.28. The molecule has 0 atom stereocenters. The van der Waals surface area contributed by atoms with Gasteiger partial charge in [-0.05, 0) is 42.8 Å². The van der Waals surface area contributed by atoms with E-state index in [0.717, 1.165) is 16.9 Å². The van der Waals surface area contributed by atoms with E-state index in [0.29, 0.717) is 17.3 Å². The molecule has 0 aliphatic heterocycles. The molecule has 23 heavy (non-hydrogen) atoms. The first kappa shape index (κ1) is 14.6. The van der Waals surface area contributed by atoms with Gasteiger partial charge in [-0.3, -0.25) is 5.43 Å². The molecule has 0 aliphatic rings.